The maximum Gasteiger partial charge on any atom is 0.323 e. The van der Waals surface area contributed by atoms with Gasteiger partial charge in [-0.3, -0.25) is 29.0 Å². The number of aliphatic carboxylic acids is 1. The predicted molar refractivity (Wildman–Crippen MR) is 306 cm³/mol. The Morgan fingerprint density at radius 2 is 1.22 bits per heavy atom. The van der Waals surface area contributed by atoms with E-state index in [0.29, 0.717) is 128 Å². The normalized spacial score (nSPS) is 13.9. The number of guanidine groups is 1. The minimum atomic E-state index is -4.38. The number of carboxylic acid groups (broad SMARTS) is 1. The smallest absolute Gasteiger partial charge is 0.323 e. The van der Waals surface area contributed by atoms with Crippen molar-refractivity contribution < 1.29 is 56.4 Å². The lowest BCUT2D eigenvalue weighted by Gasteiger charge is -2.35. The molecule has 2 aliphatic rings. The highest BCUT2D eigenvalue weighted by Crippen LogP contribution is 2.26. The van der Waals surface area contributed by atoms with Crippen molar-refractivity contribution in [2.24, 2.45) is 4.99 Å². The topological polar surface area (TPSA) is 306 Å². The average molecular weight is 1150 g/mol. The van der Waals surface area contributed by atoms with Crippen molar-refractivity contribution in [1.82, 2.24) is 35.8 Å². The van der Waals surface area contributed by atoms with Crippen LogP contribution < -0.4 is 52.2 Å². The first-order valence-electron chi connectivity index (χ1n) is 28.0. The van der Waals surface area contributed by atoms with E-state index in [9.17, 15) is 42.3 Å². The van der Waals surface area contributed by atoms with Crippen molar-refractivity contribution in [3.63, 3.8) is 0 Å². The summed E-state index contributed by atoms with van der Waals surface area (Å²) in [4.78, 5) is 81.9. The number of ether oxygens (including phenoxy) is 5. The lowest BCUT2D eigenvalue weighted by molar-refractivity contribution is -0.139. The number of hydrogen-bond acceptors (Lipinski definition) is 19. The number of sulfonamides is 1. The second-order valence-electron chi connectivity index (χ2n) is 19.4. The first-order valence-corrected chi connectivity index (χ1v) is 30.1. The summed E-state index contributed by atoms with van der Waals surface area (Å²) < 4.78 is 57.4. The van der Waals surface area contributed by atoms with Gasteiger partial charge in [-0.05, 0) is 75.0 Å². The van der Waals surface area contributed by atoms with E-state index >= 15 is 0 Å². The van der Waals surface area contributed by atoms with Crippen LogP contribution in [-0.4, -0.2) is 196 Å². The first kappa shape index (κ1) is 66.3. The molecule has 4 amide bonds. The Balaban J connectivity index is 0.993. The molecule has 0 saturated carbocycles. The van der Waals surface area contributed by atoms with E-state index < -0.39 is 45.5 Å². The van der Waals surface area contributed by atoms with Gasteiger partial charge in [0, 0.05) is 84.9 Å². The van der Waals surface area contributed by atoms with Crippen molar-refractivity contribution >= 4 is 63.8 Å². The van der Waals surface area contributed by atoms with Crippen LogP contribution in [0.4, 0.5) is 16.2 Å². The Hall–Kier alpha value is -5.25. The number of carbonyl (C=O) groups excluding carboxylic acids is 3. The molecule has 1 atom stereocenters. The van der Waals surface area contributed by atoms with Crippen molar-refractivity contribution in [3.05, 3.63) is 43.7 Å². The summed E-state index contributed by atoms with van der Waals surface area (Å²) in [5.41, 5.74) is -0.192. The second kappa shape index (κ2) is 38.4. The van der Waals surface area contributed by atoms with E-state index in [0.717, 1.165) is 37.8 Å². The summed E-state index contributed by atoms with van der Waals surface area (Å²) in [6, 6.07) is 0.762. The zero-order chi connectivity index (χ0) is 57.1. The van der Waals surface area contributed by atoms with E-state index in [2.05, 4.69) is 54.2 Å². The molecule has 1 saturated heterocycles. The number of rotatable bonds is 44. The van der Waals surface area contributed by atoms with Crippen LogP contribution in [0.15, 0.2) is 31.6 Å². The summed E-state index contributed by atoms with van der Waals surface area (Å²) >= 11 is 4.25. The van der Waals surface area contributed by atoms with Crippen LogP contribution in [0, 0.1) is 13.8 Å². The molecule has 24 nitrogen and oxygen atoms in total. The Morgan fingerprint density at radius 1 is 0.658 bits per heavy atom. The molecule has 0 unspecified atom stereocenters. The molecule has 4 rings (SSSR count). The highest BCUT2D eigenvalue weighted by molar-refractivity contribution is 7.89. The molecule has 446 valence electrons. The fourth-order valence-electron chi connectivity index (χ4n) is 8.76. The van der Waals surface area contributed by atoms with Gasteiger partial charge < -0.3 is 70.5 Å². The quantitative estimate of drug-likeness (QED) is 0.0262. The number of aliphatic imine (C=N–C) groups is 1. The molecule has 0 aliphatic carbocycles. The minimum absolute atomic E-state index is 0.0279. The standard InChI is InChI=1S/C53H88N10O14S2/c1-40-37-42(38-41(2)50(40)79(71,72)61-43(51(68)69)39-60-53(70)63-25-23-62(24-26-63)45(65)16-12-17-57-52-58-20-21-59-52)77-28-13-15-44(64)54-18-14-19-55-46-47(49(67)48(46)66)56-22-29-74-31-33-76-35-34-75-32-30-73-27-10-8-6-4-3-5-7-9-11-36-78/h37-38,43,55-56,61,78H,3-36,39H2,1-2H3,(H,54,64)(H,60,70)(H,68,69)(H2,57,58,59)/t43-/m0/s1. The highest BCUT2D eigenvalue weighted by Gasteiger charge is 2.30. The maximum absolute atomic E-state index is 13.5. The molecule has 0 radical (unpaired) electrons. The van der Waals surface area contributed by atoms with Gasteiger partial charge in [0.15, 0.2) is 5.96 Å². The van der Waals surface area contributed by atoms with Crippen LogP contribution in [0.25, 0.3) is 0 Å². The summed E-state index contributed by atoms with van der Waals surface area (Å²) in [5, 5.41) is 27.4. The SMILES string of the molecule is Cc1cc(OCCCC(=O)NCCCNc2c(NCCOCCOCCOCCOCCCCCCCCCCCS)c(=O)c2=O)cc(C)c1S(=O)(=O)N[C@@H](CNC(=O)N1CCN(C(=O)CCCNC2=NCCN2)CC1)C(=O)O. The molecule has 26 heteroatoms. The Bertz CT molecular complexity index is 2340. The Morgan fingerprint density at radius 3 is 1.81 bits per heavy atom. The van der Waals surface area contributed by atoms with Crippen LogP contribution in [-0.2, 0) is 43.4 Å². The molecule has 79 heavy (non-hydrogen) atoms. The van der Waals surface area contributed by atoms with Crippen LogP contribution in [0.2, 0.25) is 0 Å². The lowest BCUT2D eigenvalue weighted by Crippen LogP contribution is -2.55. The van der Waals surface area contributed by atoms with Gasteiger partial charge in [0.05, 0.1) is 64.3 Å². The van der Waals surface area contributed by atoms with Gasteiger partial charge >= 0.3 is 12.0 Å². The molecule has 1 fully saturated rings. The van der Waals surface area contributed by atoms with Gasteiger partial charge in [-0.1, -0.05) is 44.9 Å². The lowest BCUT2D eigenvalue weighted by atomic mass is 10.1. The van der Waals surface area contributed by atoms with Gasteiger partial charge in [0.2, 0.25) is 21.8 Å². The number of carbonyl (C=O) groups is 4. The molecule has 2 aromatic carbocycles. The molecule has 0 bridgehead atoms. The van der Waals surface area contributed by atoms with Gasteiger partial charge in [-0.15, -0.1) is 0 Å². The minimum Gasteiger partial charge on any atom is -0.494 e. The van der Waals surface area contributed by atoms with E-state index in [1.807, 2.05) is 0 Å². The van der Waals surface area contributed by atoms with Gasteiger partial charge in [-0.25, -0.2) is 13.2 Å². The fraction of sp³-hybridized carbons (Fsp3) is 0.717. The average Bonchev–Trinajstić information content (AvgIpc) is 3.99. The molecular formula is C53H88N10O14S2. The number of hydrogen-bond donors (Lipinski definition) is 9. The largest absolute Gasteiger partial charge is 0.494 e. The van der Waals surface area contributed by atoms with E-state index in [1.54, 1.807) is 18.7 Å². The summed E-state index contributed by atoms with van der Waals surface area (Å²) in [6.45, 7) is 10.8. The molecule has 2 heterocycles. The van der Waals surface area contributed by atoms with Gasteiger partial charge in [0.1, 0.15) is 23.2 Å². The van der Waals surface area contributed by atoms with Crippen molar-refractivity contribution in [2.45, 2.75) is 115 Å². The number of unbranched alkanes of at least 4 members (excludes halogenated alkanes) is 8. The molecule has 8 N–H and O–H groups in total. The number of carboxylic acids is 1. The predicted octanol–water partition coefficient (Wildman–Crippen LogP) is 2.51. The molecule has 0 aromatic heterocycles. The zero-order valence-electron chi connectivity index (χ0n) is 46.4. The number of amides is 4. The number of anilines is 2. The molecule has 0 spiro atoms. The third-order valence-corrected chi connectivity index (χ3v) is 15.1. The number of aryl methyl sites for hydroxylation is 2. The van der Waals surface area contributed by atoms with Crippen molar-refractivity contribution in [2.75, 3.05) is 148 Å². The van der Waals surface area contributed by atoms with E-state index in [1.165, 1.54) is 68.4 Å². The Kier molecular flexibility index (Phi) is 32.2. The molecular weight excluding hydrogens is 1060 g/mol. The second-order valence-corrected chi connectivity index (χ2v) is 21.5. The number of piperazine rings is 1. The number of nitrogens with one attached hydrogen (secondary N) is 7. The van der Waals surface area contributed by atoms with Crippen LogP contribution in [0.3, 0.4) is 0 Å². The van der Waals surface area contributed by atoms with Crippen molar-refractivity contribution in [3.8, 4) is 5.75 Å². The van der Waals surface area contributed by atoms with E-state index in [-0.39, 0.29) is 54.2 Å². The third-order valence-electron chi connectivity index (χ3n) is 13.0. The van der Waals surface area contributed by atoms with Crippen LogP contribution in [0.5, 0.6) is 5.75 Å². The number of nitrogens with zero attached hydrogens (tertiary/aromatic N) is 3. The van der Waals surface area contributed by atoms with Crippen LogP contribution >= 0.6 is 12.6 Å². The maximum atomic E-state index is 13.5. The van der Waals surface area contributed by atoms with Gasteiger partial charge in [0.25, 0.3) is 10.9 Å². The van der Waals surface area contributed by atoms with Gasteiger partial charge in [-0.2, -0.15) is 17.4 Å². The van der Waals surface area contributed by atoms with Crippen molar-refractivity contribution in [1.29, 1.82) is 0 Å². The Labute approximate surface area is 471 Å². The summed E-state index contributed by atoms with van der Waals surface area (Å²) in [5.74, 6) is 0.361. The van der Waals surface area contributed by atoms with Crippen LogP contribution in [0.1, 0.15) is 101 Å². The highest BCUT2D eigenvalue weighted by atomic mass is 32.2. The number of thiol groups is 1. The number of urea groups is 1. The molecule has 2 aliphatic heterocycles. The third kappa shape index (κ3) is 25.8. The van der Waals surface area contributed by atoms with E-state index in [4.69, 9.17) is 23.7 Å². The zero-order valence-corrected chi connectivity index (χ0v) is 48.1. The fourth-order valence-corrected chi connectivity index (χ4v) is 10.6. The number of benzene rings is 1. The first-order chi connectivity index (χ1) is 38.2. The summed E-state index contributed by atoms with van der Waals surface area (Å²) in [7, 11) is -4.38. The monoisotopic (exact) mass is 1150 g/mol. The molecule has 2 aromatic rings. The summed E-state index contributed by atoms with van der Waals surface area (Å²) in [6.07, 6.45) is 13.3.